The van der Waals surface area contributed by atoms with Crippen molar-refractivity contribution in [2.45, 2.75) is 85.0 Å². The molecule has 0 heterocycles. The normalized spacial score (nSPS) is 13.7. The van der Waals surface area contributed by atoms with Crippen molar-refractivity contribution in [2.24, 2.45) is 0 Å². The summed E-state index contributed by atoms with van der Waals surface area (Å²) in [5, 5.41) is 13.7. The highest BCUT2D eigenvalue weighted by Gasteiger charge is 2.27. The molecule has 1 aromatic carbocycles. The van der Waals surface area contributed by atoms with E-state index in [1.807, 2.05) is 0 Å². The van der Waals surface area contributed by atoms with Crippen LogP contribution in [0.25, 0.3) is 0 Å². The predicted octanol–water partition coefficient (Wildman–Crippen LogP) is 5.01. The van der Waals surface area contributed by atoms with E-state index in [2.05, 4.69) is 72.8 Å². The molecule has 0 saturated carbocycles. The van der Waals surface area contributed by atoms with Gasteiger partial charge in [0, 0.05) is 13.0 Å². The van der Waals surface area contributed by atoms with Gasteiger partial charge in [0.1, 0.15) is 5.75 Å². The SMILES string of the molecule is CCCNC(=O)CC(C)c1cc(C(C)(C)C)c(O)c(C(C)(C)C)c1. The predicted molar refractivity (Wildman–Crippen MR) is 102 cm³/mol. The summed E-state index contributed by atoms with van der Waals surface area (Å²) in [6.07, 6.45) is 1.42. The molecule has 0 aliphatic carbocycles. The fourth-order valence-electron chi connectivity index (χ4n) is 2.82. The lowest BCUT2D eigenvalue weighted by molar-refractivity contribution is -0.121. The van der Waals surface area contributed by atoms with E-state index >= 15 is 0 Å². The minimum atomic E-state index is -0.149. The van der Waals surface area contributed by atoms with E-state index in [0.717, 1.165) is 29.7 Å². The number of phenolic OH excluding ortho intramolecular Hbond substituents is 1. The Morgan fingerprint density at radius 3 is 1.92 bits per heavy atom. The Balaban J connectivity index is 3.26. The van der Waals surface area contributed by atoms with Crippen molar-refractivity contribution in [3.63, 3.8) is 0 Å². The minimum absolute atomic E-state index is 0.0899. The molecular weight excluding hydrogens is 298 g/mol. The quantitative estimate of drug-likeness (QED) is 0.796. The van der Waals surface area contributed by atoms with Gasteiger partial charge in [-0.1, -0.05) is 67.5 Å². The molecule has 3 nitrogen and oxygen atoms in total. The van der Waals surface area contributed by atoms with Gasteiger partial charge in [-0.15, -0.1) is 0 Å². The summed E-state index contributed by atoms with van der Waals surface area (Å²) in [5.74, 6) is 0.595. The van der Waals surface area contributed by atoms with Crippen LogP contribution in [0.15, 0.2) is 12.1 Å². The monoisotopic (exact) mass is 333 g/mol. The first-order chi connectivity index (χ1) is 10.9. The Labute approximate surface area is 147 Å². The molecule has 0 aromatic heterocycles. The highest BCUT2D eigenvalue weighted by atomic mass is 16.3. The summed E-state index contributed by atoms with van der Waals surface area (Å²) < 4.78 is 0. The number of carbonyl (C=O) groups excluding carboxylic acids is 1. The zero-order chi connectivity index (χ0) is 18.7. The molecule has 1 atom stereocenters. The summed E-state index contributed by atoms with van der Waals surface area (Å²) in [6, 6.07) is 4.14. The van der Waals surface area contributed by atoms with Gasteiger partial charge in [-0.2, -0.15) is 0 Å². The fourth-order valence-corrected chi connectivity index (χ4v) is 2.82. The number of hydrogen-bond donors (Lipinski definition) is 2. The Hall–Kier alpha value is -1.51. The summed E-state index contributed by atoms with van der Waals surface area (Å²) >= 11 is 0. The number of nitrogens with one attached hydrogen (secondary N) is 1. The number of phenols is 1. The molecule has 24 heavy (non-hydrogen) atoms. The van der Waals surface area contributed by atoms with Crippen molar-refractivity contribution in [1.82, 2.24) is 5.32 Å². The first kappa shape index (κ1) is 20.5. The maximum absolute atomic E-state index is 12.1. The minimum Gasteiger partial charge on any atom is -0.507 e. The number of aromatic hydroxyl groups is 1. The molecule has 1 unspecified atom stereocenters. The molecule has 1 aromatic rings. The van der Waals surface area contributed by atoms with Crippen molar-refractivity contribution < 1.29 is 9.90 Å². The summed E-state index contributed by atoms with van der Waals surface area (Å²) in [6.45, 7) is 17.5. The number of amides is 1. The lowest BCUT2D eigenvalue weighted by atomic mass is 9.77. The van der Waals surface area contributed by atoms with Crippen LogP contribution in [0, 0.1) is 0 Å². The van der Waals surface area contributed by atoms with Crippen molar-refractivity contribution in [3.8, 4) is 5.75 Å². The maximum Gasteiger partial charge on any atom is 0.220 e. The van der Waals surface area contributed by atoms with E-state index in [4.69, 9.17) is 0 Å². The smallest absolute Gasteiger partial charge is 0.220 e. The Morgan fingerprint density at radius 2 is 1.54 bits per heavy atom. The molecule has 136 valence electrons. The lowest BCUT2D eigenvalue weighted by Gasteiger charge is -2.29. The molecule has 0 radical (unpaired) electrons. The van der Waals surface area contributed by atoms with E-state index in [-0.39, 0.29) is 22.7 Å². The van der Waals surface area contributed by atoms with Crippen molar-refractivity contribution in [1.29, 1.82) is 0 Å². The average molecular weight is 334 g/mol. The molecule has 2 N–H and O–H groups in total. The lowest BCUT2D eigenvalue weighted by Crippen LogP contribution is -2.25. The van der Waals surface area contributed by atoms with E-state index < -0.39 is 0 Å². The second-order valence-corrected chi connectivity index (χ2v) is 8.92. The van der Waals surface area contributed by atoms with Crippen LogP contribution in [0.1, 0.15) is 90.8 Å². The first-order valence-electron chi connectivity index (χ1n) is 9.02. The Bertz CT molecular complexity index is 541. The van der Waals surface area contributed by atoms with Gasteiger partial charge in [0.25, 0.3) is 0 Å². The molecule has 1 rings (SSSR count). The van der Waals surface area contributed by atoms with Gasteiger partial charge in [-0.25, -0.2) is 0 Å². The van der Waals surface area contributed by atoms with Gasteiger partial charge >= 0.3 is 0 Å². The van der Waals surface area contributed by atoms with Gasteiger partial charge in [0.05, 0.1) is 0 Å². The molecule has 3 heteroatoms. The number of benzene rings is 1. The number of carbonyl (C=O) groups is 1. The van der Waals surface area contributed by atoms with Crippen LogP contribution < -0.4 is 5.32 Å². The summed E-state index contributed by atoms with van der Waals surface area (Å²) in [7, 11) is 0. The largest absolute Gasteiger partial charge is 0.507 e. The third-order valence-corrected chi connectivity index (χ3v) is 4.38. The standard InChI is InChI=1S/C21H35NO2/c1-9-10-22-18(23)11-14(2)15-12-16(20(3,4)5)19(24)17(13-15)21(6,7)8/h12-14,24H,9-11H2,1-8H3,(H,22,23). The Kier molecular flexibility index (Phi) is 6.49. The topological polar surface area (TPSA) is 49.3 Å². The van der Waals surface area contributed by atoms with E-state index in [1.54, 1.807) is 0 Å². The molecule has 0 aliphatic rings. The van der Waals surface area contributed by atoms with Crippen molar-refractivity contribution in [3.05, 3.63) is 28.8 Å². The van der Waals surface area contributed by atoms with E-state index in [1.165, 1.54) is 0 Å². The molecule has 0 saturated heterocycles. The van der Waals surface area contributed by atoms with Gasteiger partial charge in [-0.3, -0.25) is 4.79 Å². The molecule has 0 aliphatic heterocycles. The fraction of sp³-hybridized carbons (Fsp3) is 0.667. The average Bonchev–Trinajstić information content (AvgIpc) is 2.42. The molecular formula is C21H35NO2. The van der Waals surface area contributed by atoms with Crippen molar-refractivity contribution >= 4 is 5.91 Å². The second-order valence-electron chi connectivity index (χ2n) is 8.92. The summed E-state index contributed by atoms with van der Waals surface area (Å²) in [4.78, 5) is 12.1. The van der Waals surface area contributed by atoms with E-state index in [9.17, 15) is 9.90 Å². The number of hydrogen-bond acceptors (Lipinski definition) is 2. The first-order valence-corrected chi connectivity index (χ1v) is 9.02. The molecule has 0 bridgehead atoms. The highest BCUT2D eigenvalue weighted by molar-refractivity contribution is 5.76. The van der Waals surface area contributed by atoms with Crippen LogP contribution in [-0.4, -0.2) is 17.6 Å². The van der Waals surface area contributed by atoms with Crippen LogP contribution in [0.4, 0.5) is 0 Å². The van der Waals surface area contributed by atoms with Crippen LogP contribution in [0.3, 0.4) is 0 Å². The van der Waals surface area contributed by atoms with Gasteiger partial charge in [0.15, 0.2) is 0 Å². The third kappa shape index (κ3) is 5.25. The van der Waals surface area contributed by atoms with Crippen molar-refractivity contribution in [2.75, 3.05) is 6.54 Å². The van der Waals surface area contributed by atoms with Gasteiger partial charge in [0.2, 0.25) is 5.91 Å². The third-order valence-electron chi connectivity index (χ3n) is 4.38. The number of rotatable bonds is 5. The Morgan fingerprint density at radius 1 is 1.08 bits per heavy atom. The zero-order valence-electron chi connectivity index (χ0n) is 16.7. The summed E-state index contributed by atoms with van der Waals surface area (Å²) in [5.41, 5.74) is 2.72. The maximum atomic E-state index is 12.1. The van der Waals surface area contributed by atoms with Crippen LogP contribution in [-0.2, 0) is 15.6 Å². The highest BCUT2D eigenvalue weighted by Crippen LogP contribution is 2.41. The van der Waals surface area contributed by atoms with Crippen LogP contribution in [0.5, 0.6) is 5.75 Å². The van der Waals surface area contributed by atoms with Gasteiger partial charge in [-0.05, 0) is 39.9 Å². The van der Waals surface area contributed by atoms with Crippen LogP contribution >= 0.6 is 0 Å². The zero-order valence-corrected chi connectivity index (χ0v) is 16.7. The van der Waals surface area contributed by atoms with E-state index in [0.29, 0.717) is 12.2 Å². The molecule has 1 amide bonds. The van der Waals surface area contributed by atoms with Crippen LogP contribution in [0.2, 0.25) is 0 Å². The van der Waals surface area contributed by atoms with Gasteiger partial charge < -0.3 is 10.4 Å². The second kappa shape index (κ2) is 7.58. The molecule has 0 spiro atoms. The molecule has 0 fully saturated rings.